The Kier molecular flexibility index (Phi) is 13.2. The summed E-state index contributed by atoms with van der Waals surface area (Å²) >= 11 is 0. The SMILES string of the molecule is CCCCCCCCCCN(C)CC(N)COC. The molecule has 0 radical (unpaired) electrons. The van der Waals surface area contributed by atoms with E-state index in [4.69, 9.17) is 10.5 Å². The highest BCUT2D eigenvalue weighted by Crippen LogP contribution is 2.08. The Hall–Kier alpha value is -0.120. The van der Waals surface area contributed by atoms with E-state index in [1.807, 2.05) is 0 Å². The van der Waals surface area contributed by atoms with Gasteiger partial charge in [0.05, 0.1) is 6.61 Å². The summed E-state index contributed by atoms with van der Waals surface area (Å²) in [6.07, 6.45) is 11.0. The third-order valence-corrected chi connectivity index (χ3v) is 3.32. The first-order chi connectivity index (χ1) is 8.70. The minimum absolute atomic E-state index is 0.147. The average Bonchev–Trinajstić information content (AvgIpc) is 2.32. The standard InChI is InChI=1S/C15H34N2O/c1-4-5-6-7-8-9-10-11-12-17(2)13-15(16)14-18-3/h15H,4-14,16H2,1-3H3. The van der Waals surface area contributed by atoms with Crippen LogP contribution in [-0.2, 0) is 4.74 Å². The molecule has 0 fully saturated rings. The lowest BCUT2D eigenvalue weighted by atomic mass is 10.1. The van der Waals surface area contributed by atoms with Gasteiger partial charge < -0.3 is 15.4 Å². The Balaban J connectivity index is 3.22. The molecular formula is C15H34N2O. The highest BCUT2D eigenvalue weighted by atomic mass is 16.5. The predicted molar refractivity (Wildman–Crippen MR) is 80.0 cm³/mol. The maximum atomic E-state index is 5.92. The smallest absolute Gasteiger partial charge is 0.0626 e. The molecule has 2 N–H and O–H groups in total. The number of methoxy groups -OCH3 is 1. The fourth-order valence-electron chi connectivity index (χ4n) is 2.27. The summed E-state index contributed by atoms with van der Waals surface area (Å²) in [6, 6.07) is 0.147. The van der Waals surface area contributed by atoms with Gasteiger partial charge in [0.2, 0.25) is 0 Å². The van der Waals surface area contributed by atoms with Gasteiger partial charge in [0.25, 0.3) is 0 Å². The Morgan fingerprint density at radius 3 is 2.11 bits per heavy atom. The second-order valence-corrected chi connectivity index (χ2v) is 5.45. The van der Waals surface area contributed by atoms with Crippen LogP contribution in [0.4, 0.5) is 0 Å². The molecule has 18 heavy (non-hydrogen) atoms. The molecule has 0 aromatic carbocycles. The number of rotatable bonds is 13. The largest absolute Gasteiger partial charge is 0.383 e. The molecule has 0 aliphatic carbocycles. The maximum absolute atomic E-state index is 5.92. The molecule has 1 atom stereocenters. The first kappa shape index (κ1) is 17.9. The van der Waals surface area contributed by atoms with Crippen LogP contribution in [0.1, 0.15) is 58.3 Å². The third kappa shape index (κ3) is 12.3. The fraction of sp³-hybridized carbons (Fsp3) is 1.00. The van der Waals surface area contributed by atoms with Gasteiger partial charge in [-0.3, -0.25) is 0 Å². The normalized spacial score (nSPS) is 13.2. The molecule has 0 aliphatic heterocycles. The van der Waals surface area contributed by atoms with Crippen LogP contribution in [0, 0.1) is 0 Å². The highest BCUT2D eigenvalue weighted by Gasteiger charge is 2.05. The van der Waals surface area contributed by atoms with E-state index in [9.17, 15) is 0 Å². The molecule has 0 saturated heterocycles. The van der Waals surface area contributed by atoms with Crippen LogP contribution in [-0.4, -0.2) is 44.8 Å². The van der Waals surface area contributed by atoms with Gasteiger partial charge in [0.1, 0.15) is 0 Å². The summed E-state index contributed by atoms with van der Waals surface area (Å²) < 4.78 is 5.04. The molecule has 1 unspecified atom stereocenters. The van der Waals surface area contributed by atoms with Crippen molar-refractivity contribution in [1.82, 2.24) is 4.90 Å². The lowest BCUT2D eigenvalue weighted by Gasteiger charge is -2.20. The van der Waals surface area contributed by atoms with Gasteiger partial charge in [-0.1, -0.05) is 51.9 Å². The predicted octanol–water partition coefficient (Wildman–Crippen LogP) is 3.03. The van der Waals surface area contributed by atoms with Gasteiger partial charge in [0.15, 0.2) is 0 Å². The van der Waals surface area contributed by atoms with Gasteiger partial charge in [-0.15, -0.1) is 0 Å². The molecule has 0 heterocycles. The summed E-state index contributed by atoms with van der Waals surface area (Å²) in [5.41, 5.74) is 5.92. The Labute approximate surface area is 114 Å². The molecule has 0 saturated carbocycles. The van der Waals surface area contributed by atoms with Crippen molar-refractivity contribution in [2.45, 2.75) is 64.3 Å². The molecule has 0 spiro atoms. The van der Waals surface area contributed by atoms with E-state index in [0.29, 0.717) is 6.61 Å². The third-order valence-electron chi connectivity index (χ3n) is 3.32. The summed E-state index contributed by atoms with van der Waals surface area (Å²) in [5, 5.41) is 0. The summed E-state index contributed by atoms with van der Waals surface area (Å²) in [4.78, 5) is 2.32. The molecule has 0 aliphatic rings. The van der Waals surface area contributed by atoms with E-state index in [0.717, 1.165) is 13.1 Å². The van der Waals surface area contributed by atoms with E-state index in [-0.39, 0.29) is 6.04 Å². The van der Waals surface area contributed by atoms with Gasteiger partial charge >= 0.3 is 0 Å². The second-order valence-electron chi connectivity index (χ2n) is 5.45. The summed E-state index contributed by atoms with van der Waals surface area (Å²) in [6.45, 7) is 5.02. The Morgan fingerprint density at radius 2 is 1.56 bits per heavy atom. The van der Waals surface area contributed by atoms with E-state index in [2.05, 4.69) is 18.9 Å². The quantitative estimate of drug-likeness (QED) is 0.516. The zero-order valence-corrected chi connectivity index (χ0v) is 12.8. The number of hydrogen-bond donors (Lipinski definition) is 1. The van der Waals surface area contributed by atoms with Crippen molar-refractivity contribution in [3.63, 3.8) is 0 Å². The molecule has 0 aromatic heterocycles. The number of hydrogen-bond acceptors (Lipinski definition) is 3. The molecule has 0 aromatic rings. The van der Waals surface area contributed by atoms with Crippen LogP contribution in [0.25, 0.3) is 0 Å². The van der Waals surface area contributed by atoms with Gasteiger partial charge in [-0.25, -0.2) is 0 Å². The molecule has 0 amide bonds. The average molecular weight is 258 g/mol. The molecule has 0 bridgehead atoms. The number of likely N-dealkylation sites (N-methyl/N-ethyl adjacent to an activating group) is 1. The summed E-state index contributed by atoms with van der Waals surface area (Å²) in [7, 11) is 3.86. The number of ether oxygens (including phenoxy) is 1. The van der Waals surface area contributed by atoms with Crippen molar-refractivity contribution in [2.75, 3.05) is 33.9 Å². The Morgan fingerprint density at radius 1 is 1.00 bits per heavy atom. The maximum Gasteiger partial charge on any atom is 0.0626 e. The minimum atomic E-state index is 0.147. The van der Waals surface area contributed by atoms with Crippen molar-refractivity contribution in [1.29, 1.82) is 0 Å². The minimum Gasteiger partial charge on any atom is -0.383 e. The van der Waals surface area contributed by atoms with E-state index in [1.165, 1.54) is 51.4 Å². The number of nitrogens with zero attached hydrogens (tertiary/aromatic N) is 1. The monoisotopic (exact) mass is 258 g/mol. The first-order valence-electron chi connectivity index (χ1n) is 7.63. The van der Waals surface area contributed by atoms with E-state index < -0.39 is 0 Å². The van der Waals surface area contributed by atoms with Crippen LogP contribution >= 0.6 is 0 Å². The van der Waals surface area contributed by atoms with E-state index in [1.54, 1.807) is 7.11 Å². The lowest BCUT2D eigenvalue weighted by Crippen LogP contribution is -2.38. The number of nitrogens with two attached hydrogens (primary N) is 1. The van der Waals surface area contributed by atoms with Crippen LogP contribution < -0.4 is 5.73 Å². The fourth-order valence-corrected chi connectivity index (χ4v) is 2.27. The number of unbranched alkanes of at least 4 members (excludes halogenated alkanes) is 7. The Bertz CT molecular complexity index is 165. The lowest BCUT2D eigenvalue weighted by molar-refractivity contribution is 0.161. The van der Waals surface area contributed by atoms with Crippen molar-refractivity contribution in [3.8, 4) is 0 Å². The summed E-state index contributed by atoms with van der Waals surface area (Å²) in [5.74, 6) is 0. The van der Waals surface area contributed by atoms with Crippen LogP contribution in [0.5, 0.6) is 0 Å². The molecule has 0 rings (SSSR count). The zero-order chi connectivity index (χ0) is 13.6. The van der Waals surface area contributed by atoms with Crippen molar-refractivity contribution in [2.24, 2.45) is 5.73 Å². The first-order valence-corrected chi connectivity index (χ1v) is 7.63. The van der Waals surface area contributed by atoms with Crippen LogP contribution in [0.3, 0.4) is 0 Å². The van der Waals surface area contributed by atoms with Crippen LogP contribution in [0.15, 0.2) is 0 Å². The van der Waals surface area contributed by atoms with Crippen LogP contribution in [0.2, 0.25) is 0 Å². The second kappa shape index (κ2) is 13.3. The van der Waals surface area contributed by atoms with Crippen molar-refractivity contribution >= 4 is 0 Å². The van der Waals surface area contributed by atoms with Gasteiger partial charge in [-0.2, -0.15) is 0 Å². The molecular weight excluding hydrogens is 224 g/mol. The molecule has 3 heteroatoms. The van der Waals surface area contributed by atoms with E-state index >= 15 is 0 Å². The van der Waals surface area contributed by atoms with Crippen molar-refractivity contribution in [3.05, 3.63) is 0 Å². The zero-order valence-electron chi connectivity index (χ0n) is 12.8. The van der Waals surface area contributed by atoms with Crippen molar-refractivity contribution < 1.29 is 4.74 Å². The highest BCUT2D eigenvalue weighted by molar-refractivity contribution is 4.65. The molecule has 110 valence electrons. The topological polar surface area (TPSA) is 38.5 Å². The molecule has 3 nitrogen and oxygen atoms in total. The van der Waals surface area contributed by atoms with Gasteiger partial charge in [0, 0.05) is 19.7 Å². The van der Waals surface area contributed by atoms with Gasteiger partial charge in [-0.05, 0) is 20.0 Å².